The van der Waals surface area contributed by atoms with E-state index in [9.17, 15) is 0 Å². The molecule has 0 aliphatic rings. The maximum atomic E-state index is 8.62. The van der Waals surface area contributed by atoms with Crippen LogP contribution in [0.1, 0.15) is 90.9 Å². The van der Waals surface area contributed by atoms with E-state index in [1.807, 2.05) is 0 Å². The molecule has 0 saturated carbocycles. The molecule has 136 valence electrons. The average Bonchev–Trinajstić information content (AvgIpc) is 2.53. The molecule has 0 radical (unpaired) electrons. The van der Waals surface area contributed by atoms with E-state index in [1.54, 1.807) is 21.7 Å². The van der Waals surface area contributed by atoms with Crippen LogP contribution < -0.4 is 10.2 Å². The zero-order valence-corrected chi connectivity index (χ0v) is 19.7. The van der Waals surface area contributed by atoms with Gasteiger partial charge in [0.25, 0.3) is 0 Å². The van der Waals surface area contributed by atoms with E-state index in [0.29, 0.717) is 11.1 Å². The van der Waals surface area contributed by atoms with Gasteiger partial charge in [0, 0.05) is 0 Å². The molecular formula is C18H36O2S2Sn. The Balaban J connectivity index is -0.000000573. The summed E-state index contributed by atoms with van der Waals surface area (Å²) in [5, 5.41) is 17.2. The molecule has 0 aliphatic heterocycles. The maximum Gasteiger partial charge on any atom is -0.0807 e. The Morgan fingerprint density at radius 3 is 1.17 bits per heavy atom. The van der Waals surface area contributed by atoms with Crippen LogP contribution in [0.3, 0.4) is 0 Å². The predicted octanol–water partition coefficient (Wildman–Crippen LogP) is 4.86. The Morgan fingerprint density at radius 2 is 0.870 bits per heavy atom. The van der Waals surface area contributed by atoms with Gasteiger partial charge < -0.3 is 10.2 Å². The second-order valence-corrected chi connectivity index (χ2v) is 10.1. The Labute approximate surface area is 166 Å². The van der Waals surface area contributed by atoms with E-state index in [-0.39, 0.29) is 21.1 Å². The van der Waals surface area contributed by atoms with Crippen molar-refractivity contribution in [2.45, 2.75) is 99.8 Å². The molecule has 5 heteroatoms. The summed E-state index contributed by atoms with van der Waals surface area (Å²) in [5.74, 6) is 0. The minimum Gasteiger partial charge on any atom is -0.870 e. The molecule has 0 fully saturated rings. The van der Waals surface area contributed by atoms with E-state index in [4.69, 9.17) is 10.2 Å². The molecule has 0 aromatic carbocycles. The summed E-state index contributed by atoms with van der Waals surface area (Å²) >= 11 is 7.50. The summed E-state index contributed by atoms with van der Waals surface area (Å²) in [4.78, 5) is 0. The van der Waals surface area contributed by atoms with Crippen LogP contribution in [-0.2, 0) is 0 Å². The van der Waals surface area contributed by atoms with Crippen molar-refractivity contribution in [1.82, 2.24) is 0 Å². The first kappa shape index (κ1) is 28.4. The van der Waals surface area contributed by atoms with Gasteiger partial charge in [-0.05, 0) is 0 Å². The van der Waals surface area contributed by atoms with Crippen LogP contribution in [-0.4, -0.2) is 32.2 Å². The third kappa shape index (κ3) is 45.0. The van der Waals surface area contributed by atoms with Gasteiger partial charge in [-0.1, -0.05) is 11.1 Å². The molecule has 23 heavy (non-hydrogen) atoms. The van der Waals surface area contributed by atoms with E-state index < -0.39 is 0 Å². The number of unbranched alkanes of at least 4 members (excludes halogenated alkanes) is 10. The first-order valence-electron chi connectivity index (χ1n) is 9.06. The van der Waals surface area contributed by atoms with Crippen LogP contribution in [0.15, 0.2) is 0 Å². The first-order valence-corrected chi connectivity index (χ1v) is 14.0. The number of hydrogen-bond donors (Lipinski definition) is 0. The van der Waals surface area contributed by atoms with Crippen LogP contribution in [0.2, 0.25) is 8.87 Å². The summed E-state index contributed by atoms with van der Waals surface area (Å²) < 4.78 is 3.31. The Kier molecular flexibility index (Phi) is 42.0. The van der Waals surface area contributed by atoms with Gasteiger partial charge in [0.1, 0.15) is 0 Å². The number of thiocarbonyl (C=S) groups is 2. The van der Waals surface area contributed by atoms with Crippen LogP contribution >= 0.6 is 24.4 Å². The fraction of sp³-hybridized carbons (Fsp3) is 0.889. The summed E-state index contributed by atoms with van der Waals surface area (Å²) in [6.07, 6.45) is 17.8. The molecule has 0 atom stereocenters. The van der Waals surface area contributed by atoms with Gasteiger partial charge in [-0.3, -0.25) is 0 Å². The third-order valence-electron chi connectivity index (χ3n) is 3.41. The van der Waals surface area contributed by atoms with Gasteiger partial charge >= 0.3 is 121 Å². The fourth-order valence-corrected chi connectivity index (χ4v) is 5.75. The van der Waals surface area contributed by atoms with Crippen LogP contribution in [0.4, 0.5) is 0 Å². The van der Waals surface area contributed by atoms with Crippen molar-refractivity contribution in [1.29, 1.82) is 0 Å². The quantitative estimate of drug-likeness (QED) is 0.208. The Hall–Kier alpha value is 0.579. The van der Waals surface area contributed by atoms with Crippen molar-refractivity contribution in [2.75, 3.05) is 0 Å². The van der Waals surface area contributed by atoms with Gasteiger partial charge in [0.2, 0.25) is 0 Å². The molecular weight excluding hydrogens is 431 g/mol. The zero-order chi connectivity index (χ0) is 18.0. The summed E-state index contributed by atoms with van der Waals surface area (Å²) in [6, 6.07) is 0. The van der Waals surface area contributed by atoms with Crippen molar-refractivity contribution in [3.8, 4) is 0 Å². The largest absolute Gasteiger partial charge is 0.870 e. The van der Waals surface area contributed by atoms with Crippen LogP contribution in [0.5, 0.6) is 0 Å². The minimum atomic E-state index is 0.0736. The molecule has 0 rings (SSSR count). The summed E-state index contributed by atoms with van der Waals surface area (Å²) in [7, 11) is 0. The van der Waals surface area contributed by atoms with Crippen LogP contribution in [0.25, 0.3) is 0 Å². The van der Waals surface area contributed by atoms with Crippen molar-refractivity contribution >= 4 is 56.7 Å². The van der Waals surface area contributed by atoms with Crippen molar-refractivity contribution in [2.24, 2.45) is 0 Å². The molecule has 2 nitrogen and oxygen atoms in total. The normalized spacial score (nSPS) is 8.78. The monoisotopic (exact) mass is 468 g/mol. The van der Waals surface area contributed by atoms with Crippen molar-refractivity contribution in [3.05, 3.63) is 0 Å². The molecule has 0 unspecified atom stereocenters. The van der Waals surface area contributed by atoms with Crippen LogP contribution in [0, 0.1) is 0 Å². The van der Waals surface area contributed by atoms with Gasteiger partial charge in [-0.25, -0.2) is 0 Å². The molecule has 0 heterocycles. The molecule has 0 saturated heterocycles. The van der Waals surface area contributed by atoms with Gasteiger partial charge in [-0.15, -0.1) is 24.4 Å². The number of rotatable bonds is 14. The smallest absolute Gasteiger partial charge is 0.0807 e. The summed E-state index contributed by atoms with van der Waals surface area (Å²) in [5.41, 5.74) is 0.667. The topological polar surface area (TPSA) is 46.1 Å². The molecule has 0 aromatic heterocycles. The Bertz CT molecular complexity index is 185. The maximum absolute atomic E-state index is 8.62. The van der Waals surface area contributed by atoms with Crippen molar-refractivity contribution < 1.29 is 10.2 Å². The van der Waals surface area contributed by atoms with Gasteiger partial charge in [0.15, 0.2) is 0 Å². The standard InChI is InChI=1S/2C8H17.2CH2OS.Sn/c2*1-3-5-7-8-6-4-2;2*2-1-3;/h2*1,3-8H2,2H3;2*1H,(H,2,3);/q;;;;+2/p-2. The van der Waals surface area contributed by atoms with E-state index in [0.717, 1.165) is 0 Å². The minimum absolute atomic E-state index is 0.0736. The van der Waals surface area contributed by atoms with Gasteiger partial charge in [0.05, 0.1) is 0 Å². The SMILES string of the molecule is CCCCCCC[CH2][Sn+2][CH2]CCCCCCC.[O-]C=S.[O-]C=S. The molecule has 0 aliphatic carbocycles. The zero-order valence-electron chi connectivity index (χ0n) is 15.2. The first-order chi connectivity index (χ1) is 11.2. The molecule has 0 aromatic rings. The predicted molar refractivity (Wildman–Crippen MR) is 109 cm³/mol. The third-order valence-corrected chi connectivity index (χ3v) is 7.45. The second kappa shape index (κ2) is 34.0. The molecule has 0 bridgehead atoms. The van der Waals surface area contributed by atoms with E-state index in [2.05, 4.69) is 38.3 Å². The molecule has 0 spiro atoms. The Morgan fingerprint density at radius 1 is 0.609 bits per heavy atom. The van der Waals surface area contributed by atoms with E-state index >= 15 is 0 Å². The number of hydrogen-bond acceptors (Lipinski definition) is 4. The van der Waals surface area contributed by atoms with Crippen molar-refractivity contribution in [3.63, 3.8) is 0 Å². The summed E-state index contributed by atoms with van der Waals surface area (Å²) in [6.45, 7) is 4.60. The average molecular weight is 467 g/mol. The van der Waals surface area contributed by atoms with E-state index in [1.165, 1.54) is 64.2 Å². The fourth-order valence-electron chi connectivity index (χ4n) is 2.19. The molecule has 0 N–H and O–H groups in total. The second-order valence-electron chi connectivity index (χ2n) is 5.48. The van der Waals surface area contributed by atoms with Gasteiger partial charge in [-0.2, -0.15) is 0 Å². The molecule has 0 amide bonds.